The Hall–Kier alpha value is -1.75. The lowest BCUT2D eigenvalue weighted by Gasteiger charge is -2.23. The average Bonchev–Trinajstić information content (AvgIpc) is 2.37. The Labute approximate surface area is 102 Å². The highest BCUT2D eigenvalue weighted by Gasteiger charge is 2.13. The SMILES string of the molecule is COc1ccc(NC(=O)N(C)C(C)CN)cc1. The van der Waals surface area contributed by atoms with Crippen molar-refractivity contribution in [3.8, 4) is 5.75 Å². The smallest absolute Gasteiger partial charge is 0.321 e. The first kappa shape index (κ1) is 13.3. The van der Waals surface area contributed by atoms with Crippen molar-refractivity contribution in [3.05, 3.63) is 24.3 Å². The number of hydrogen-bond donors (Lipinski definition) is 2. The van der Waals surface area contributed by atoms with Gasteiger partial charge in [0.2, 0.25) is 0 Å². The summed E-state index contributed by atoms with van der Waals surface area (Å²) in [5, 5.41) is 2.78. The number of nitrogens with zero attached hydrogens (tertiary/aromatic N) is 1. The number of anilines is 1. The minimum Gasteiger partial charge on any atom is -0.497 e. The predicted molar refractivity (Wildman–Crippen MR) is 68.3 cm³/mol. The van der Waals surface area contributed by atoms with Gasteiger partial charge in [-0.15, -0.1) is 0 Å². The van der Waals surface area contributed by atoms with Crippen LogP contribution < -0.4 is 15.8 Å². The van der Waals surface area contributed by atoms with Crippen molar-refractivity contribution in [3.63, 3.8) is 0 Å². The summed E-state index contributed by atoms with van der Waals surface area (Å²) in [6.07, 6.45) is 0. The molecule has 3 N–H and O–H groups in total. The topological polar surface area (TPSA) is 67.6 Å². The fourth-order valence-corrected chi connectivity index (χ4v) is 1.24. The molecule has 1 aromatic rings. The van der Waals surface area contributed by atoms with E-state index in [9.17, 15) is 4.79 Å². The highest BCUT2D eigenvalue weighted by Crippen LogP contribution is 2.15. The maximum Gasteiger partial charge on any atom is 0.321 e. The van der Waals surface area contributed by atoms with Crippen LogP contribution in [0.2, 0.25) is 0 Å². The number of carbonyl (C=O) groups excluding carboxylic acids is 1. The summed E-state index contributed by atoms with van der Waals surface area (Å²) in [5.41, 5.74) is 6.23. The molecule has 0 aliphatic heterocycles. The standard InChI is InChI=1S/C12H19N3O2/c1-9(8-13)15(2)12(16)14-10-4-6-11(17-3)7-5-10/h4-7,9H,8,13H2,1-3H3,(H,14,16). The molecule has 0 aliphatic rings. The third kappa shape index (κ3) is 3.64. The third-order valence-electron chi connectivity index (χ3n) is 2.66. The Morgan fingerprint density at radius 1 is 1.47 bits per heavy atom. The van der Waals surface area contributed by atoms with E-state index >= 15 is 0 Å². The minimum absolute atomic E-state index is 0.00764. The molecule has 5 nitrogen and oxygen atoms in total. The normalized spacial score (nSPS) is 11.8. The van der Waals surface area contributed by atoms with E-state index < -0.39 is 0 Å². The summed E-state index contributed by atoms with van der Waals surface area (Å²) in [4.78, 5) is 13.4. The highest BCUT2D eigenvalue weighted by atomic mass is 16.5. The van der Waals surface area contributed by atoms with Crippen LogP contribution in [0.1, 0.15) is 6.92 Å². The summed E-state index contributed by atoms with van der Waals surface area (Å²) in [6, 6.07) is 7.00. The van der Waals surface area contributed by atoms with Crippen LogP contribution in [0.5, 0.6) is 5.75 Å². The fourth-order valence-electron chi connectivity index (χ4n) is 1.24. The molecule has 2 amide bonds. The molecule has 94 valence electrons. The van der Waals surface area contributed by atoms with Crippen molar-refractivity contribution < 1.29 is 9.53 Å². The van der Waals surface area contributed by atoms with E-state index in [0.29, 0.717) is 6.54 Å². The molecule has 0 fully saturated rings. The maximum absolute atomic E-state index is 11.8. The van der Waals surface area contributed by atoms with Gasteiger partial charge in [-0.2, -0.15) is 0 Å². The largest absolute Gasteiger partial charge is 0.497 e. The number of amides is 2. The van der Waals surface area contributed by atoms with Crippen LogP contribution in [0.3, 0.4) is 0 Å². The van der Waals surface area contributed by atoms with Crippen LogP contribution in [0.4, 0.5) is 10.5 Å². The lowest BCUT2D eigenvalue weighted by Crippen LogP contribution is -2.42. The third-order valence-corrected chi connectivity index (χ3v) is 2.66. The molecular formula is C12H19N3O2. The number of rotatable bonds is 4. The number of likely N-dealkylation sites (N-methyl/N-ethyl adjacent to an activating group) is 1. The first-order valence-electron chi connectivity index (χ1n) is 5.46. The number of nitrogens with one attached hydrogen (secondary N) is 1. The second-order valence-corrected chi connectivity index (χ2v) is 3.85. The molecule has 0 saturated heterocycles. The second kappa shape index (κ2) is 6.10. The van der Waals surface area contributed by atoms with Crippen LogP contribution >= 0.6 is 0 Å². The van der Waals surface area contributed by atoms with Gasteiger partial charge in [0.15, 0.2) is 0 Å². The van der Waals surface area contributed by atoms with Crippen LogP contribution in [-0.4, -0.2) is 37.7 Å². The number of benzene rings is 1. The number of nitrogens with two attached hydrogens (primary N) is 1. The molecule has 0 aliphatic carbocycles. The molecule has 17 heavy (non-hydrogen) atoms. The van der Waals surface area contributed by atoms with Gasteiger partial charge in [-0.05, 0) is 31.2 Å². The van der Waals surface area contributed by atoms with Gasteiger partial charge in [0.25, 0.3) is 0 Å². The zero-order chi connectivity index (χ0) is 12.8. The summed E-state index contributed by atoms with van der Waals surface area (Å²) < 4.78 is 5.04. The van der Waals surface area contributed by atoms with Crippen LogP contribution in [0.15, 0.2) is 24.3 Å². The summed E-state index contributed by atoms with van der Waals surface area (Å²) in [6.45, 7) is 2.33. The van der Waals surface area contributed by atoms with E-state index in [-0.39, 0.29) is 12.1 Å². The number of hydrogen-bond acceptors (Lipinski definition) is 3. The van der Waals surface area contributed by atoms with E-state index in [2.05, 4.69) is 5.32 Å². The van der Waals surface area contributed by atoms with Gasteiger partial charge >= 0.3 is 6.03 Å². The quantitative estimate of drug-likeness (QED) is 0.834. The Morgan fingerprint density at radius 3 is 2.53 bits per heavy atom. The Kier molecular flexibility index (Phi) is 4.78. The van der Waals surface area contributed by atoms with E-state index in [4.69, 9.17) is 10.5 Å². The van der Waals surface area contributed by atoms with Gasteiger partial charge in [0.05, 0.1) is 7.11 Å². The molecule has 1 rings (SSSR count). The van der Waals surface area contributed by atoms with E-state index in [0.717, 1.165) is 11.4 Å². The molecule has 1 atom stereocenters. The summed E-state index contributed by atoms with van der Waals surface area (Å²) in [7, 11) is 3.32. The predicted octanol–water partition coefficient (Wildman–Crippen LogP) is 1.51. The average molecular weight is 237 g/mol. The molecule has 0 saturated carbocycles. The Bertz CT molecular complexity index is 365. The molecular weight excluding hydrogens is 218 g/mol. The van der Waals surface area contributed by atoms with Gasteiger partial charge in [0.1, 0.15) is 5.75 Å². The van der Waals surface area contributed by atoms with Gasteiger partial charge in [-0.25, -0.2) is 4.79 Å². The molecule has 0 aromatic heterocycles. The van der Waals surface area contributed by atoms with Crippen molar-refractivity contribution in [2.24, 2.45) is 5.73 Å². The summed E-state index contributed by atoms with van der Waals surface area (Å²) >= 11 is 0. The number of ether oxygens (including phenoxy) is 1. The molecule has 5 heteroatoms. The van der Waals surface area contributed by atoms with Crippen LogP contribution in [0.25, 0.3) is 0 Å². The monoisotopic (exact) mass is 237 g/mol. The van der Waals surface area contributed by atoms with E-state index in [1.807, 2.05) is 6.92 Å². The molecule has 1 aromatic carbocycles. The second-order valence-electron chi connectivity index (χ2n) is 3.85. The van der Waals surface area contributed by atoms with Gasteiger partial charge in [-0.1, -0.05) is 0 Å². The summed E-state index contributed by atoms with van der Waals surface area (Å²) in [5.74, 6) is 0.756. The van der Waals surface area contributed by atoms with Crippen molar-refractivity contribution in [1.29, 1.82) is 0 Å². The number of methoxy groups -OCH3 is 1. The van der Waals surface area contributed by atoms with Crippen molar-refractivity contribution >= 4 is 11.7 Å². The zero-order valence-electron chi connectivity index (χ0n) is 10.4. The first-order chi connectivity index (χ1) is 8.08. The van der Waals surface area contributed by atoms with Crippen LogP contribution in [0, 0.1) is 0 Å². The zero-order valence-corrected chi connectivity index (χ0v) is 10.4. The van der Waals surface area contributed by atoms with E-state index in [1.165, 1.54) is 0 Å². The van der Waals surface area contributed by atoms with Crippen molar-refractivity contribution in [2.75, 3.05) is 26.0 Å². The molecule has 0 spiro atoms. The minimum atomic E-state index is -0.173. The molecule has 0 bridgehead atoms. The van der Waals surface area contributed by atoms with Crippen LogP contribution in [-0.2, 0) is 0 Å². The lowest BCUT2D eigenvalue weighted by atomic mass is 10.3. The fraction of sp³-hybridized carbons (Fsp3) is 0.417. The molecule has 0 heterocycles. The van der Waals surface area contributed by atoms with Gasteiger partial charge in [0, 0.05) is 25.3 Å². The van der Waals surface area contributed by atoms with Gasteiger partial charge < -0.3 is 20.7 Å². The molecule has 1 unspecified atom stereocenters. The molecule has 0 radical (unpaired) electrons. The Balaban J connectivity index is 2.61. The van der Waals surface area contributed by atoms with Crippen molar-refractivity contribution in [2.45, 2.75) is 13.0 Å². The van der Waals surface area contributed by atoms with Gasteiger partial charge in [-0.3, -0.25) is 0 Å². The number of carbonyl (C=O) groups is 1. The Morgan fingerprint density at radius 2 is 2.06 bits per heavy atom. The first-order valence-corrected chi connectivity index (χ1v) is 5.46. The van der Waals surface area contributed by atoms with Crippen molar-refractivity contribution in [1.82, 2.24) is 4.90 Å². The van der Waals surface area contributed by atoms with E-state index in [1.54, 1.807) is 43.3 Å². The maximum atomic E-state index is 11.8. The highest BCUT2D eigenvalue weighted by molar-refractivity contribution is 5.89. The number of urea groups is 1. The lowest BCUT2D eigenvalue weighted by molar-refractivity contribution is 0.209.